The van der Waals surface area contributed by atoms with Crippen molar-refractivity contribution in [3.63, 3.8) is 0 Å². The molecule has 7 atom stereocenters. The van der Waals surface area contributed by atoms with Crippen molar-refractivity contribution >= 4 is 11.9 Å². The minimum Gasteiger partial charge on any atom is -0.466 e. The summed E-state index contributed by atoms with van der Waals surface area (Å²) in [6.45, 7) is 4.34. The molecule has 0 spiro atoms. The Hall–Kier alpha value is -2.12. The van der Waals surface area contributed by atoms with Gasteiger partial charge in [-0.2, -0.15) is 0 Å². The van der Waals surface area contributed by atoms with Gasteiger partial charge in [-0.05, 0) is 83.5 Å². The minimum absolute atomic E-state index is 0.00544. The molecule has 1 heterocycles. The maximum atomic E-state index is 13.0. The summed E-state index contributed by atoms with van der Waals surface area (Å²) in [4.78, 5) is 25.1. The van der Waals surface area contributed by atoms with Gasteiger partial charge in [-0.25, -0.2) is 0 Å². The standard InChI is InChI=1S/C72H135NO10/c1-3-5-7-9-11-13-14-15-16-17-27-31-34-37-40-44-48-52-56-60-68(77)81-61-57-53-49-45-41-38-35-32-29-26-24-22-20-18-19-21-23-25-28-30-33-36-39-43-47-51-55-59-67(76)73-64(65(75)58-54-50-46-42-12-10-8-6-4-2)63-82-72-71(80)70(79)69(78)66(62-74)83-72/h15-16,18-19,54,58,64-66,69-72,74-75,78-80H,3-14,17,20-53,55-57,59-63H2,1-2H3,(H,73,76)/b16-15-,19-18-,58-54+. The van der Waals surface area contributed by atoms with Crippen molar-refractivity contribution in [2.75, 3.05) is 19.8 Å². The first-order valence-electron chi connectivity index (χ1n) is 35.8. The van der Waals surface area contributed by atoms with E-state index in [4.69, 9.17) is 14.2 Å². The van der Waals surface area contributed by atoms with Crippen molar-refractivity contribution in [2.45, 2.75) is 391 Å². The lowest BCUT2D eigenvalue weighted by Crippen LogP contribution is -2.60. The van der Waals surface area contributed by atoms with E-state index in [1.807, 2.05) is 6.08 Å². The summed E-state index contributed by atoms with van der Waals surface area (Å²) in [5.41, 5.74) is 0. The Bertz CT molecular complexity index is 1470. The predicted molar refractivity (Wildman–Crippen MR) is 347 cm³/mol. The number of hydrogen-bond acceptors (Lipinski definition) is 10. The molecule has 1 amide bonds. The highest BCUT2D eigenvalue weighted by Crippen LogP contribution is 2.23. The molecule has 83 heavy (non-hydrogen) atoms. The van der Waals surface area contributed by atoms with Crippen LogP contribution in [0.4, 0.5) is 0 Å². The van der Waals surface area contributed by atoms with E-state index in [2.05, 4.69) is 43.5 Å². The Morgan fingerprint density at radius 3 is 1.16 bits per heavy atom. The molecule has 0 saturated carbocycles. The van der Waals surface area contributed by atoms with Crippen molar-refractivity contribution in [1.82, 2.24) is 5.32 Å². The van der Waals surface area contributed by atoms with Crippen LogP contribution in [0.1, 0.15) is 348 Å². The SMILES string of the molecule is CCCCCCCC/C=C\CCCCCCCCCCCC(=O)OCCCCCCCCCCCCCC/C=C\CCCCCCCCCCCCCC(=O)NC(COC1OC(CO)C(O)C(O)C1O)C(O)/C=C/CCCCCCCCC. The zero-order valence-corrected chi connectivity index (χ0v) is 54.2. The average Bonchev–Trinajstić information content (AvgIpc) is 3.54. The summed E-state index contributed by atoms with van der Waals surface area (Å²) < 4.78 is 16.7. The van der Waals surface area contributed by atoms with Crippen LogP contribution in [0.5, 0.6) is 0 Å². The first-order chi connectivity index (χ1) is 40.7. The molecule has 11 nitrogen and oxygen atoms in total. The molecule has 0 aromatic heterocycles. The number of ether oxygens (including phenoxy) is 3. The van der Waals surface area contributed by atoms with Gasteiger partial charge in [0.15, 0.2) is 6.29 Å². The van der Waals surface area contributed by atoms with Crippen LogP contribution in [-0.2, 0) is 23.8 Å². The highest BCUT2D eigenvalue weighted by Gasteiger charge is 2.44. The van der Waals surface area contributed by atoms with Gasteiger partial charge in [0.25, 0.3) is 0 Å². The number of rotatable bonds is 63. The van der Waals surface area contributed by atoms with Crippen molar-refractivity contribution in [1.29, 1.82) is 0 Å². The molecule has 0 aliphatic carbocycles. The van der Waals surface area contributed by atoms with Crippen LogP contribution in [-0.4, -0.2) is 100 Å². The zero-order valence-electron chi connectivity index (χ0n) is 54.2. The van der Waals surface area contributed by atoms with Crippen molar-refractivity contribution < 1.29 is 49.3 Å². The van der Waals surface area contributed by atoms with E-state index in [-0.39, 0.29) is 18.5 Å². The van der Waals surface area contributed by atoms with Gasteiger partial charge in [0, 0.05) is 12.8 Å². The topological polar surface area (TPSA) is 175 Å². The molecule has 7 unspecified atom stereocenters. The lowest BCUT2D eigenvalue weighted by Gasteiger charge is -2.40. The van der Waals surface area contributed by atoms with Crippen molar-refractivity contribution in [3.8, 4) is 0 Å². The first kappa shape index (κ1) is 78.9. The lowest BCUT2D eigenvalue weighted by atomic mass is 9.99. The highest BCUT2D eigenvalue weighted by molar-refractivity contribution is 5.76. The molecule has 488 valence electrons. The number of carbonyl (C=O) groups is 2. The summed E-state index contributed by atoms with van der Waals surface area (Å²) in [6, 6.07) is -0.809. The predicted octanol–water partition coefficient (Wildman–Crippen LogP) is 18.2. The Labute approximate surface area is 511 Å². The number of esters is 1. The van der Waals surface area contributed by atoms with E-state index in [1.54, 1.807) is 6.08 Å². The van der Waals surface area contributed by atoms with Crippen LogP contribution < -0.4 is 5.32 Å². The molecule has 0 bridgehead atoms. The quantitative estimate of drug-likeness (QED) is 0.0195. The molecular formula is C72H135NO10. The van der Waals surface area contributed by atoms with E-state index in [1.165, 1.54) is 263 Å². The van der Waals surface area contributed by atoms with E-state index in [0.29, 0.717) is 19.4 Å². The van der Waals surface area contributed by atoms with Gasteiger partial charge in [-0.1, -0.05) is 288 Å². The number of amides is 1. The molecule has 6 N–H and O–H groups in total. The molecule has 1 rings (SSSR count). The average molecular weight is 1170 g/mol. The van der Waals surface area contributed by atoms with Gasteiger partial charge in [0.2, 0.25) is 5.91 Å². The van der Waals surface area contributed by atoms with E-state index in [9.17, 15) is 35.1 Å². The number of aliphatic hydroxyl groups excluding tert-OH is 5. The molecule has 1 fully saturated rings. The Kier molecular flexibility index (Phi) is 58.5. The van der Waals surface area contributed by atoms with Crippen LogP contribution >= 0.6 is 0 Å². The highest BCUT2D eigenvalue weighted by atomic mass is 16.7. The molecule has 0 aromatic carbocycles. The first-order valence-corrected chi connectivity index (χ1v) is 35.8. The van der Waals surface area contributed by atoms with Crippen LogP contribution in [0.25, 0.3) is 0 Å². The molecule has 1 aliphatic heterocycles. The normalized spacial score (nSPS) is 18.3. The minimum atomic E-state index is -1.57. The maximum Gasteiger partial charge on any atom is 0.305 e. The van der Waals surface area contributed by atoms with Crippen LogP contribution in [0.15, 0.2) is 36.5 Å². The molecule has 0 radical (unpaired) electrons. The second-order valence-corrected chi connectivity index (χ2v) is 24.9. The summed E-state index contributed by atoms with van der Waals surface area (Å²) in [5.74, 6) is -0.178. The molecule has 0 aromatic rings. The number of allylic oxidation sites excluding steroid dienone is 5. The van der Waals surface area contributed by atoms with Gasteiger partial charge in [0.05, 0.1) is 32.0 Å². The number of nitrogens with one attached hydrogen (secondary N) is 1. The van der Waals surface area contributed by atoms with Gasteiger partial charge >= 0.3 is 5.97 Å². The van der Waals surface area contributed by atoms with E-state index < -0.39 is 49.5 Å². The Balaban J connectivity index is 1.91. The number of aliphatic hydroxyl groups is 5. The third-order valence-electron chi connectivity index (χ3n) is 17.0. The van der Waals surface area contributed by atoms with Gasteiger partial charge in [0.1, 0.15) is 24.4 Å². The fourth-order valence-electron chi connectivity index (χ4n) is 11.3. The lowest BCUT2D eigenvalue weighted by molar-refractivity contribution is -0.302. The van der Waals surface area contributed by atoms with Crippen molar-refractivity contribution in [3.05, 3.63) is 36.5 Å². The van der Waals surface area contributed by atoms with Crippen LogP contribution in [0, 0.1) is 0 Å². The second kappa shape index (κ2) is 61.5. The van der Waals surface area contributed by atoms with Crippen molar-refractivity contribution in [2.24, 2.45) is 0 Å². The molecule has 11 heteroatoms. The fourth-order valence-corrected chi connectivity index (χ4v) is 11.3. The van der Waals surface area contributed by atoms with E-state index in [0.717, 1.165) is 57.8 Å². The van der Waals surface area contributed by atoms with Crippen LogP contribution in [0.2, 0.25) is 0 Å². The smallest absolute Gasteiger partial charge is 0.305 e. The van der Waals surface area contributed by atoms with Crippen LogP contribution in [0.3, 0.4) is 0 Å². The Morgan fingerprint density at radius 1 is 0.434 bits per heavy atom. The summed E-state index contributed by atoms with van der Waals surface area (Å²) in [5, 5.41) is 54.3. The summed E-state index contributed by atoms with van der Waals surface area (Å²) >= 11 is 0. The fraction of sp³-hybridized carbons (Fsp3) is 0.889. The number of hydrogen-bond donors (Lipinski definition) is 6. The second-order valence-electron chi connectivity index (χ2n) is 24.9. The largest absolute Gasteiger partial charge is 0.466 e. The van der Waals surface area contributed by atoms with Gasteiger partial charge < -0.3 is 45.1 Å². The van der Waals surface area contributed by atoms with E-state index >= 15 is 0 Å². The molecule has 1 saturated heterocycles. The summed E-state index contributed by atoms with van der Waals surface area (Å²) in [7, 11) is 0. The number of carbonyl (C=O) groups excluding carboxylic acids is 2. The molecule has 1 aliphatic rings. The third kappa shape index (κ3) is 50.6. The Morgan fingerprint density at radius 2 is 0.771 bits per heavy atom. The van der Waals surface area contributed by atoms with Gasteiger partial charge in [-0.15, -0.1) is 0 Å². The molecular weight excluding hydrogens is 1040 g/mol. The monoisotopic (exact) mass is 1170 g/mol. The summed E-state index contributed by atoms with van der Waals surface area (Å²) in [6.07, 6.45) is 68.7. The van der Waals surface area contributed by atoms with Gasteiger partial charge in [-0.3, -0.25) is 9.59 Å². The zero-order chi connectivity index (χ0) is 60.2. The maximum absolute atomic E-state index is 13.0. The third-order valence-corrected chi connectivity index (χ3v) is 17.0. The number of unbranched alkanes of at least 4 members (excludes halogenated alkanes) is 45.